The summed E-state index contributed by atoms with van der Waals surface area (Å²) in [5.41, 5.74) is -0.173. The molecule has 0 spiro atoms. The zero-order chi connectivity index (χ0) is 21.8. The molecule has 0 bridgehead atoms. The Labute approximate surface area is 181 Å². The fourth-order valence-electron chi connectivity index (χ4n) is 3.12. The van der Waals surface area contributed by atoms with Gasteiger partial charge in [0.2, 0.25) is 5.95 Å². The number of ether oxygens (including phenoxy) is 3. The predicted molar refractivity (Wildman–Crippen MR) is 111 cm³/mol. The van der Waals surface area contributed by atoms with Crippen LogP contribution in [0.15, 0.2) is 24.3 Å². The van der Waals surface area contributed by atoms with E-state index < -0.39 is 11.9 Å². The highest BCUT2D eigenvalue weighted by atomic mass is 32.1. The summed E-state index contributed by atoms with van der Waals surface area (Å²) in [6.45, 7) is 3.04. The first-order valence-electron chi connectivity index (χ1n) is 9.61. The summed E-state index contributed by atoms with van der Waals surface area (Å²) in [5.74, 6) is 1.25. The van der Waals surface area contributed by atoms with E-state index in [0.29, 0.717) is 57.6 Å². The van der Waals surface area contributed by atoms with Crippen molar-refractivity contribution < 1.29 is 27.4 Å². The van der Waals surface area contributed by atoms with Crippen LogP contribution < -0.4 is 25.0 Å². The van der Waals surface area contributed by atoms with Gasteiger partial charge in [-0.05, 0) is 29.9 Å². The van der Waals surface area contributed by atoms with Crippen LogP contribution in [0.1, 0.15) is 11.3 Å². The number of fused-ring (bicyclic) bond motifs is 1. The lowest BCUT2D eigenvalue weighted by Gasteiger charge is -2.28. The van der Waals surface area contributed by atoms with Gasteiger partial charge in [-0.1, -0.05) is 6.07 Å². The molecule has 166 valence electrons. The smallest absolute Gasteiger partial charge is 0.433 e. The maximum absolute atomic E-state index is 13.3. The van der Waals surface area contributed by atoms with Crippen LogP contribution in [0.25, 0.3) is 0 Å². The van der Waals surface area contributed by atoms with Crippen molar-refractivity contribution in [1.82, 2.24) is 15.3 Å². The van der Waals surface area contributed by atoms with Crippen molar-refractivity contribution in [3.8, 4) is 11.5 Å². The van der Waals surface area contributed by atoms with Crippen molar-refractivity contribution in [3.63, 3.8) is 0 Å². The molecule has 0 saturated carbocycles. The van der Waals surface area contributed by atoms with E-state index in [4.69, 9.17) is 26.4 Å². The molecule has 0 amide bonds. The molecule has 1 saturated heterocycles. The van der Waals surface area contributed by atoms with Gasteiger partial charge in [0.05, 0.1) is 13.2 Å². The third-order valence-corrected chi connectivity index (χ3v) is 4.87. The van der Waals surface area contributed by atoms with Gasteiger partial charge in [0.25, 0.3) is 0 Å². The van der Waals surface area contributed by atoms with E-state index in [0.717, 1.165) is 11.6 Å². The van der Waals surface area contributed by atoms with Gasteiger partial charge < -0.3 is 29.7 Å². The molecule has 2 N–H and O–H groups in total. The maximum Gasteiger partial charge on any atom is 0.433 e. The maximum atomic E-state index is 13.3. The number of thiocarbonyl (C=S) groups is 1. The summed E-state index contributed by atoms with van der Waals surface area (Å²) in [6, 6.07) is 6.40. The monoisotopic (exact) mass is 455 g/mol. The summed E-state index contributed by atoms with van der Waals surface area (Å²) in [6.07, 6.45) is -4.61. The number of rotatable bonds is 4. The van der Waals surface area contributed by atoms with E-state index in [2.05, 4.69) is 20.6 Å². The number of aromatic nitrogens is 2. The van der Waals surface area contributed by atoms with Gasteiger partial charge in [0, 0.05) is 25.7 Å². The molecule has 2 aliphatic rings. The summed E-state index contributed by atoms with van der Waals surface area (Å²) in [5, 5.41) is 5.69. The van der Waals surface area contributed by atoms with Gasteiger partial charge in [-0.3, -0.25) is 0 Å². The molecule has 4 rings (SSSR count). The molecule has 2 aromatic rings. The van der Waals surface area contributed by atoms with Crippen molar-refractivity contribution in [1.29, 1.82) is 0 Å². The molecule has 2 aliphatic heterocycles. The molecule has 12 heteroatoms. The standard InChI is InChI=1S/C19H20F3N5O3S/c20-19(21,22)15-10-16(27-3-5-28-6-4-27)25-17(24-15)26-18(31)23-11-12-1-2-13-14(9-12)30-8-7-29-13/h1-2,9-10H,3-8,11H2,(H2,23,24,25,26,31). The number of nitrogens with one attached hydrogen (secondary N) is 2. The highest BCUT2D eigenvalue weighted by Gasteiger charge is 2.34. The van der Waals surface area contributed by atoms with Gasteiger partial charge in [0.1, 0.15) is 19.0 Å². The van der Waals surface area contributed by atoms with Gasteiger partial charge >= 0.3 is 6.18 Å². The molecule has 0 unspecified atom stereocenters. The Bertz CT molecular complexity index is 954. The highest BCUT2D eigenvalue weighted by Crippen LogP contribution is 2.31. The number of hydrogen-bond donors (Lipinski definition) is 2. The summed E-state index contributed by atoms with van der Waals surface area (Å²) in [4.78, 5) is 9.51. The molecule has 0 aliphatic carbocycles. The fourth-order valence-corrected chi connectivity index (χ4v) is 3.28. The normalized spacial score (nSPS) is 16.0. The largest absolute Gasteiger partial charge is 0.486 e. The van der Waals surface area contributed by atoms with Gasteiger partial charge in [0.15, 0.2) is 22.3 Å². The average molecular weight is 455 g/mol. The molecule has 0 atom stereocenters. The SMILES string of the molecule is FC(F)(F)c1cc(N2CCOCC2)nc(NC(=S)NCc2ccc3c(c2)OCCO3)n1. The van der Waals surface area contributed by atoms with E-state index in [-0.39, 0.29) is 16.9 Å². The summed E-state index contributed by atoms with van der Waals surface area (Å²) >= 11 is 5.22. The van der Waals surface area contributed by atoms with Crippen molar-refractivity contribution >= 4 is 29.1 Å². The Balaban J connectivity index is 1.44. The van der Waals surface area contributed by atoms with Crippen LogP contribution in [0.4, 0.5) is 24.9 Å². The van der Waals surface area contributed by atoms with Crippen LogP contribution in [0, 0.1) is 0 Å². The van der Waals surface area contributed by atoms with Crippen molar-refractivity contribution in [3.05, 3.63) is 35.5 Å². The lowest BCUT2D eigenvalue weighted by atomic mass is 10.2. The number of alkyl halides is 3. The zero-order valence-electron chi connectivity index (χ0n) is 16.4. The summed E-state index contributed by atoms with van der Waals surface area (Å²) in [7, 11) is 0. The van der Waals surface area contributed by atoms with Crippen molar-refractivity contribution in [2.24, 2.45) is 0 Å². The van der Waals surface area contributed by atoms with Crippen molar-refractivity contribution in [2.45, 2.75) is 12.7 Å². The van der Waals surface area contributed by atoms with E-state index in [1.165, 1.54) is 0 Å². The highest BCUT2D eigenvalue weighted by molar-refractivity contribution is 7.80. The fraction of sp³-hybridized carbons (Fsp3) is 0.421. The van der Waals surface area contributed by atoms with Crippen LogP contribution >= 0.6 is 12.2 Å². The van der Waals surface area contributed by atoms with Crippen LogP contribution in [0.2, 0.25) is 0 Å². The second-order valence-electron chi connectivity index (χ2n) is 6.82. The van der Waals surface area contributed by atoms with Crippen LogP contribution in [-0.2, 0) is 17.5 Å². The van der Waals surface area contributed by atoms with E-state index in [1.807, 2.05) is 12.1 Å². The number of morpholine rings is 1. The van der Waals surface area contributed by atoms with Crippen LogP contribution in [-0.4, -0.2) is 54.6 Å². The number of nitrogens with zero attached hydrogens (tertiary/aromatic N) is 3. The molecule has 1 aromatic carbocycles. The minimum Gasteiger partial charge on any atom is -0.486 e. The minimum atomic E-state index is -4.61. The van der Waals surface area contributed by atoms with Gasteiger partial charge in [-0.25, -0.2) is 4.98 Å². The third-order valence-electron chi connectivity index (χ3n) is 4.62. The molecule has 8 nitrogen and oxygen atoms in total. The average Bonchev–Trinajstić information content (AvgIpc) is 2.77. The molecule has 1 aromatic heterocycles. The van der Waals surface area contributed by atoms with Crippen LogP contribution in [0.3, 0.4) is 0 Å². The number of hydrogen-bond acceptors (Lipinski definition) is 7. The molecular formula is C19H20F3N5O3S. The molecule has 31 heavy (non-hydrogen) atoms. The van der Waals surface area contributed by atoms with Gasteiger partial charge in [-0.15, -0.1) is 0 Å². The Morgan fingerprint density at radius 3 is 2.52 bits per heavy atom. The van der Waals surface area contributed by atoms with Gasteiger partial charge in [-0.2, -0.15) is 18.2 Å². The zero-order valence-corrected chi connectivity index (χ0v) is 17.2. The predicted octanol–water partition coefficient (Wildman–Crippen LogP) is 2.59. The number of halogens is 3. The first-order valence-corrected chi connectivity index (χ1v) is 10.0. The Kier molecular flexibility index (Phi) is 6.28. The van der Waals surface area contributed by atoms with E-state index >= 15 is 0 Å². The number of benzene rings is 1. The first kappa shape index (κ1) is 21.4. The van der Waals surface area contributed by atoms with E-state index in [9.17, 15) is 13.2 Å². The first-order chi connectivity index (χ1) is 14.9. The Hall–Kier alpha value is -2.86. The molecule has 3 heterocycles. The third kappa shape index (κ3) is 5.44. The lowest BCUT2D eigenvalue weighted by Crippen LogP contribution is -2.37. The van der Waals surface area contributed by atoms with Crippen molar-refractivity contribution in [2.75, 3.05) is 49.7 Å². The second-order valence-corrected chi connectivity index (χ2v) is 7.23. The van der Waals surface area contributed by atoms with Crippen LogP contribution in [0.5, 0.6) is 11.5 Å². The Morgan fingerprint density at radius 2 is 1.77 bits per heavy atom. The topological polar surface area (TPSA) is 80.8 Å². The number of anilines is 2. The minimum absolute atomic E-state index is 0.0992. The Morgan fingerprint density at radius 1 is 1.03 bits per heavy atom. The molecular weight excluding hydrogens is 435 g/mol. The summed E-state index contributed by atoms with van der Waals surface area (Å²) < 4.78 is 56.3. The quantitative estimate of drug-likeness (QED) is 0.676. The molecule has 0 radical (unpaired) electrons. The lowest BCUT2D eigenvalue weighted by molar-refractivity contribution is -0.141. The van der Waals surface area contributed by atoms with E-state index in [1.54, 1.807) is 11.0 Å². The molecule has 1 fully saturated rings. The second kappa shape index (κ2) is 9.10.